The predicted molar refractivity (Wildman–Crippen MR) is 253 cm³/mol. The molecular weight excluding hydrogens is 807 g/mol. The number of aryl methyl sites for hydroxylation is 1. The average Bonchev–Trinajstić information content (AvgIpc) is 3.24. The molecule has 61 heavy (non-hydrogen) atoms. The maximum Gasteiger partial charge on any atom is 0.230 e. The van der Waals surface area contributed by atoms with Crippen LogP contribution >= 0.6 is 21.2 Å². The molecule has 2 atom stereocenters. The molecule has 0 aromatic heterocycles. The molecule has 0 aliphatic heterocycles. The van der Waals surface area contributed by atoms with Gasteiger partial charge in [0.2, 0.25) is 17.7 Å². The lowest BCUT2D eigenvalue weighted by Crippen LogP contribution is -2.29. The summed E-state index contributed by atoms with van der Waals surface area (Å²) in [5.74, 6) is -1.13. The van der Waals surface area contributed by atoms with Gasteiger partial charge in [-0.1, -0.05) is 120 Å². The number of amides is 3. The van der Waals surface area contributed by atoms with Crippen LogP contribution in [0.3, 0.4) is 0 Å². The van der Waals surface area contributed by atoms with Crippen LogP contribution in [0.25, 0.3) is 0 Å². The summed E-state index contributed by atoms with van der Waals surface area (Å²) in [5.41, 5.74) is 3.56. The molecule has 0 bridgehead atoms. The summed E-state index contributed by atoms with van der Waals surface area (Å²) < 4.78 is 10.4. The molecule has 0 aliphatic carbocycles. The first-order valence-corrected chi connectivity index (χ1v) is 22.9. The Bertz CT molecular complexity index is 2190. The first kappa shape index (κ1) is 52.3. The van der Waals surface area contributed by atoms with Crippen LogP contribution in [0.2, 0.25) is 0 Å². The van der Waals surface area contributed by atoms with Crippen molar-refractivity contribution in [2.45, 2.75) is 117 Å². The molecule has 2 unspecified atom stereocenters. The molecule has 0 saturated carbocycles. The molecule has 3 amide bonds. The highest BCUT2D eigenvalue weighted by molar-refractivity contribution is 8.25. The van der Waals surface area contributed by atoms with Crippen LogP contribution in [-0.2, 0) is 19.2 Å². The summed E-state index contributed by atoms with van der Waals surface area (Å²) in [5, 5.41) is 30.6. The molecule has 12 heteroatoms. The van der Waals surface area contributed by atoms with Crippen LogP contribution in [0, 0.1) is 23.2 Å². The van der Waals surface area contributed by atoms with E-state index in [0.29, 0.717) is 32.3 Å². The van der Waals surface area contributed by atoms with Gasteiger partial charge in [-0.05, 0) is 111 Å². The summed E-state index contributed by atoms with van der Waals surface area (Å²) in [6.07, 6.45) is 2.33. The van der Waals surface area contributed by atoms with E-state index in [9.17, 15) is 33.9 Å². The van der Waals surface area contributed by atoms with Crippen LogP contribution in [0.15, 0.2) is 113 Å². The van der Waals surface area contributed by atoms with Crippen molar-refractivity contribution < 1.29 is 33.9 Å². The van der Waals surface area contributed by atoms with Crippen molar-refractivity contribution in [1.82, 2.24) is 0 Å². The number of hydrogen-bond donors (Lipinski definition) is 4. The number of carbonyl (C=O) groups excluding carboxylic acids is 4. The Morgan fingerprint density at radius 1 is 0.639 bits per heavy atom. The molecule has 0 fully saturated rings. The maximum absolute atomic E-state index is 12.2. The Kier molecular flexibility index (Phi) is 20.0. The minimum Gasteiger partial charge on any atom is -0.827 e. The zero-order valence-electron chi connectivity index (χ0n) is 37.8. The summed E-state index contributed by atoms with van der Waals surface area (Å²) in [7, 11) is -2.53. The third-order valence-electron chi connectivity index (χ3n) is 10.7. The number of anilines is 3. The Hall–Kier alpha value is -4.88. The molecule has 4 aromatic rings. The second kappa shape index (κ2) is 23.4. The third kappa shape index (κ3) is 15.8. The number of rotatable bonds is 14. The highest BCUT2D eigenvalue weighted by Gasteiger charge is 2.27. The standard InChI is InChI=1S/C20H23NO3S.C16H25NO3S.C13H19NO/c1-4-20(2,3)19(24)21-15-10-12-16(13-11-15)25-17(18(22)23)14-8-6-5-7-9-14;1-6-16(4,5)15(19)17-13-7-9-14(10-8-13)21(20,11-18)12(2)3;1-5-13(3,4)12(15)14-11-8-6-10(2)7-9-11/h5-13,17H,4H2,1-3H3,(H,21,24)(H,22,23);7-11,18,20H,6H2,1-5H3,(H,17,19);6-9H,5H2,1-4H3,(H,14,15)/p-2. The van der Waals surface area contributed by atoms with Crippen molar-refractivity contribution in [3.05, 3.63) is 114 Å². The minimum absolute atomic E-state index is 0.0349. The second-order valence-electron chi connectivity index (χ2n) is 16.8. The Morgan fingerprint density at radius 3 is 1.33 bits per heavy atom. The topological polar surface area (TPSA) is 171 Å². The van der Waals surface area contributed by atoms with Crippen LogP contribution < -0.4 is 26.2 Å². The quantitative estimate of drug-likeness (QED) is 0.0717. The normalized spacial score (nSPS) is 12.8. The molecular formula is C49H65N3O7S2-2. The van der Waals surface area contributed by atoms with E-state index in [0.717, 1.165) is 29.8 Å². The van der Waals surface area contributed by atoms with Gasteiger partial charge in [0.25, 0.3) is 0 Å². The van der Waals surface area contributed by atoms with Crippen molar-refractivity contribution in [3.63, 3.8) is 0 Å². The molecule has 4 N–H and O–H groups in total. The Morgan fingerprint density at radius 2 is 1.00 bits per heavy atom. The van der Waals surface area contributed by atoms with Crippen molar-refractivity contribution in [2.75, 3.05) is 16.0 Å². The number of hydrogen-bond acceptors (Lipinski definition) is 8. The van der Waals surface area contributed by atoms with Gasteiger partial charge < -0.3 is 35.5 Å². The highest BCUT2D eigenvalue weighted by Crippen LogP contribution is 2.36. The predicted octanol–water partition coefficient (Wildman–Crippen LogP) is 10.0. The lowest BCUT2D eigenvalue weighted by molar-refractivity contribution is -0.305. The number of aliphatic carboxylic acids is 1. The van der Waals surface area contributed by atoms with Crippen LogP contribution in [-0.4, -0.2) is 38.7 Å². The third-order valence-corrected chi connectivity index (χ3v) is 14.5. The molecule has 4 rings (SSSR count). The maximum atomic E-state index is 12.2. The van der Waals surface area contributed by atoms with Gasteiger partial charge in [0, 0.05) is 43.1 Å². The summed E-state index contributed by atoms with van der Waals surface area (Å²) >= 11 is 1.21. The summed E-state index contributed by atoms with van der Waals surface area (Å²) in [6, 6.07) is 30.8. The molecule has 332 valence electrons. The zero-order valence-corrected chi connectivity index (χ0v) is 39.4. The van der Waals surface area contributed by atoms with Crippen LogP contribution in [0.4, 0.5) is 17.1 Å². The van der Waals surface area contributed by atoms with E-state index in [1.807, 2.05) is 99.6 Å². The van der Waals surface area contributed by atoms with Crippen molar-refractivity contribution in [3.8, 4) is 0 Å². The van der Waals surface area contributed by atoms with Crippen LogP contribution in [0.1, 0.15) is 112 Å². The van der Waals surface area contributed by atoms with E-state index >= 15 is 0 Å². The van der Waals surface area contributed by atoms with Gasteiger partial charge in [0.05, 0.1) is 11.2 Å². The van der Waals surface area contributed by atoms with Gasteiger partial charge in [-0.2, -0.15) is 0 Å². The van der Waals surface area contributed by atoms with Gasteiger partial charge in [-0.25, -0.2) is 0 Å². The molecule has 0 spiro atoms. The number of carboxylic acids is 1. The van der Waals surface area contributed by atoms with E-state index < -0.39 is 31.5 Å². The van der Waals surface area contributed by atoms with E-state index in [1.165, 1.54) is 17.3 Å². The Labute approximate surface area is 368 Å². The molecule has 0 saturated heterocycles. The van der Waals surface area contributed by atoms with E-state index in [-0.39, 0.29) is 23.1 Å². The zero-order chi connectivity index (χ0) is 46.2. The monoisotopic (exact) mass is 871 g/mol. The highest BCUT2D eigenvalue weighted by atomic mass is 32.2. The smallest absolute Gasteiger partial charge is 0.230 e. The second-order valence-corrected chi connectivity index (χ2v) is 20.8. The fourth-order valence-corrected chi connectivity index (χ4v) is 7.07. The summed E-state index contributed by atoms with van der Waals surface area (Å²) in [4.78, 5) is 49.7. The van der Waals surface area contributed by atoms with Gasteiger partial charge in [0.15, 0.2) is 0 Å². The van der Waals surface area contributed by atoms with Gasteiger partial charge in [-0.3, -0.25) is 14.4 Å². The first-order chi connectivity index (χ1) is 28.5. The average molecular weight is 872 g/mol. The van der Waals surface area contributed by atoms with E-state index in [1.54, 1.807) is 86.6 Å². The van der Waals surface area contributed by atoms with Crippen molar-refractivity contribution >= 4 is 72.4 Å². The lowest BCUT2D eigenvalue weighted by Gasteiger charge is -2.22. The van der Waals surface area contributed by atoms with Crippen LogP contribution in [0.5, 0.6) is 0 Å². The molecule has 0 radical (unpaired) electrons. The SMILES string of the molecule is CCC(C)(C)C(=O)Nc1ccc(C)cc1.CCC(C)(C)C(=O)Nc1ccc(S(O)(=C[O-])=C(C)C)cc1.CCC(C)(C)C(=O)Nc1ccc(SC(C(=O)[O-])c2ccccc2)cc1. The summed E-state index contributed by atoms with van der Waals surface area (Å²) in [6.45, 7) is 23.0. The largest absolute Gasteiger partial charge is 0.827 e. The molecule has 0 heterocycles. The van der Waals surface area contributed by atoms with E-state index in [4.69, 9.17) is 0 Å². The fraction of sp³-hybridized carbons (Fsp3) is 0.388. The van der Waals surface area contributed by atoms with E-state index in [2.05, 4.69) is 16.0 Å². The minimum atomic E-state index is -2.53. The fourth-order valence-electron chi connectivity index (χ4n) is 4.79. The number of thioether (sulfide) groups is 1. The molecule has 0 aliphatic rings. The number of nitrogens with one attached hydrogen (secondary N) is 3. The van der Waals surface area contributed by atoms with Gasteiger partial charge >= 0.3 is 0 Å². The first-order valence-electron chi connectivity index (χ1n) is 20.4. The number of benzene rings is 4. The molecule has 10 nitrogen and oxygen atoms in total. The number of carboxylic acid groups (broad SMARTS) is 1. The van der Waals surface area contributed by atoms with Gasteiger partial charge in [0.1, 0.15) is 0 Å². The molecule has 4 aromatic carbocycles. The Balaban J connectivity index is 0.000000325. The van der Waals surface area contributed by atoms with Gasteiger partial charge in [-0.15, -0.1) is 17.3 Å². The van der Waals surface area contributed by atoms with Crippen molar-refractivity contribution in [1.29, 1.82) is 0 Å². The lowest BCUT2D eigenvalue weighted by atomic mass is 9.89. The number of carbonyl (C=O) groups is 4. The van der Waals surface area contributed by atoms with Crippen molar-refractivity contribution in [2.24, 2.45) is 16.2 Å².